The highest BCUT2D eigenvalue weighted by Crippen LogP contribution is 2.39. The van der Waals surface area contributed by atoms with Crippen LogP contribution in [0.1, 0.15) is 47.9 Å². The van der Waals surface area contributed by atoms with Crippen molar-refractivity contribution < 1.29 is 23.6 Å². The molecule has 3 N–H and O–H groups in total. The number of hydrazone groups is 1. The number of anilines is 1. The first-order chi connectivity index (χ1) is 17.5. The second kappa shape index (κ2) is 11.0. The highest BCUT2D eigenvalue weighted by atomic mass is 16.6. The van der Waals surface area contributed by atoms with Crippen molar-refractivity contribution in [1.29, 1.82) is 0 Å². The lowest BCUT2D eigenvalue weighted by molar-refractivity contribution is 0.0945. The third-order valence-corrected chi connectivity index (χ3v) is 6.07. The zero-order valence-corrected chi connectivity index (χ0v) is 20.6. The van der Waals surface area contributed by atoms with E-state index in [2.05, 4.69) is 43.0 Å². The Balaban J connectivity index is 1.60. The number of rotatable bonds is 9. The Morgan fingerprint density at radius 1 is 1.22 bits per heavy atom. The molecule has 1 aliphatic heterocycles. The average molecular weight is 500 g/mol. The molecular formula is C22H29N9O5. The number of nitrogens with two attached hydrogens (primary N) is 1. The Bertz CT molecular complexity index is 1240. The SMILES string of the molecule is COc1ccc(C=NNC(=O)c2nnn(-c3nonc3N)c2CN2CCCCC2C)c(OC)c1OC. The lowest BCUT2D eigenvalue weighted by Gasteiger charge is -2.33. The van der Waals surface area contributed by atoms with Crippen LogP contribution in [0.25, 0.3) is 5.82 Å². The summed E-state index contributed by atoms with van der Waals surface area (Å²) in [6.07, 6.45) is 4.73. The van der Waals surface area contributed by atoms with E-state index in [-0.39, 0.29) is 17.3 Å². The zero-order valence-electron chi connectivity index (χ0n) is 20.6. The third-order valence-electron chi connectivity index (χ3n) is 6.07. The molecule has 0 aliphatic carbocycles. The Labute approximate surface area is 207 Å². The summed E-state index contributed by atoms with van der Waals surface area (Å²) >= 11 is 0. The number of nitrogen functional groups attached to an aromatic ring is 1. The number of piperidine rings is 1. The maximum Gasteiger partial charge on any atom is 0.293 e. The standard InChI is InChI=1S/C22H29N9O5/c1-13-7-5-6-10-30(13)12-15-17(25-29-31(15)21-20(23)27-36-28-21)22(32)26-24-11-14-8-9-16(33-2)19(35-4)18(14)34-3/h8-9,11,13H,5-7,10,12H2,1-4H3,(H2,23,27)(H,26,32). The molecule has 1 unspecified atom stereocenters. The molecule has 1 saturated heterocycles. The second-order valence-corrected chi connectivity index (χ2v) is 8.21. The smallest absolute Gasteiger partial charge is 0.293 e. The maximum absolute atomic E-state index is 13.1. The fourth-order valence-electron chi connectivity index (χ4n) is 4.15. The summed E-state index contributed by atoms with van der Waals surface area (Å²) in [5.74, 6) is 0.986. The van der Waals surface area contributed by atoms with Gasteiger partial charge in [-0.3, -0.25) is 9.69 Å². The number of hydrogen-bond donors (Lipinski definition) is 2. The maximum atomic E-state index is 13.1. The number of carbonyl (C=O) groups is 1. The van der Waals surface area contributed by atoms with Crippen molar-refractivity contribution in [2.24, 2.45) is 5.10 Å². The van der Waals surface area contributed by atoms with Gasteiger partial charge in [0.2, 0.25) is 17.4 Å². The van der Waals surface area contributed by atoms with E-state index in [4.69, 9.17) is 24.6 Å². The number of aromatic nitrogens is 5. The molecule has 1 amide bonds. The van der Waals surface area contributed by atoms with E-state index >= 15 is 0 Å². The lowest BCUT2D eigenvalue weighted by Crippen LogP contribution is -2.38. The Hall–Kier alpha value is -4.20. The molecule has 0 saturated carbocycles. The predicted molar refractivity (Wildman–Crippen MR) is 129 cm³/mol. The van der Waals surface area contributed by atoms with Crippen LogP contribution in [0.15, 0.2) is 21.9 Å². The molecule has 3 heterocycles. The predicted octanol–water partition coefficient (Wildman–Crippen LogP) is 1.40. The molecule has 0 radical (unpaired) electrons. The number of likely N-dealkylation sites (tertiary alicyclic amines) is 1. The van der Waals surface area contributed by atoms with E-state index in [1.54, 1.807) is 12.1 Å². The van der Waals surface area contributed by atoms with Crippen molar-refractivity contribution in [3.8, 4) is 23.1 Å². The second-order valence-electron chi connectivity index (χ2n) is 8.21. The molecular weight excluding hydrogens is 470 g/mol. The molecule has 1 aliphatic rings. The summed E-state index contributed by atoms with van der Waals surface area (Å²) in [4.78, 5) is 15.4. The zero-order chi connectivity index (χ0) is 25.7. The topological polar surface area (TPSA) is 168 Å². The van der Waals surface area contributed by atoms with Gasteiger partial charge in [0, 0.05) is 18.2 Å². The van der Waals surface area contributed by atoms with Crippen LogP contribution in [0.5, 0.6) is 17.2 Å². The number of nitrogens with zero attached hydrogens (tertiary/aromatic N) is 7. The highest BCUT2D eigenvalue weighted by molar-refractivity contribution is 5.94. The summed E-state index contributed by atoms with van der Waals surface area (Å²) in [6.45, 7) is 3.45. The number of nitrogens with one attached hydrogen (secondary N) is 1. The van der Waals surface area contributed by atoms with E-state index in [1.165, 1.54) is 32.2 Å². The number of methoxy groups -OCH3 is 3. The van der Waals surface area contributed by atoms with Crippen molar-refractivity contribution in [3.63, 3.8) is 0 Å². The largest absolute Gasteiger partial charge is 0.493 e. The van der Waals surface area contributed by atoms with Crippen molar-refractivity contribution in [2.45, 2.75) is 38.8 Å². The van der Waals surface area contributed by atoms with Crippen LogP contribution in [0.3, 0.4) is 0 Å². The molecule has 1 fully saturated rings. The average Bonchev–Trinajstić information content (AvgIpc) is 3.50. The molecule has 3 aromatic rings. The minimum absolute atomic E-state index is 0.0402. The molecule has 4 rings (SSSR count). The van der Waals surface area contributed by atoms with Crippen molar-refractivity contribution in [1.82, 2.24) is 35.6 Å². The van der Waals surface area contributed by atoms with E-state index in [0.29, 0.717) is 41.1 Å². The normalized spacial score (nSPS) is 16.3. The Morgan fingerprint density at radius 2 is 2.03 bits per heavy atom. The van der Waals surface area contributed by atoms with Crippen LogP contribution < -0.4 is 25.4 Å². The van der Waals surface area contributed by atoms with Gasteiger partial charge >= 0.3 is 0 Å². The van der Waals surface area contributed by atoms with Crippen molar-refractivity contribution in [2.75, 3.05) is 33.6 Å². The van der Waals surface area contributed by atoms with E-state index < -0.39 is 5.91 Å². The van der Waals surface area contributed by atoms with Gasteiger partial charge in [-0.2, -0.15) is 9.78 Å². The number of hydrogen-bond acceptors (Lipinski definition) is 12. The van der Waals surface area contributed by atoms with Crippen molar-refractivity contribution >= 4 is 17.9 Å². The highest BCUT2D eigenvalue weighted by Gasteiger charge is 2.28. The van der Waals surface area contributed by atoms with E-state index in [0.717, 1.165) is 25.8 Å². The van der Waals surface area contributed by atoms with Crippen LogP contribution in [0, 0.1) is 0 Å². The first-order valence-corrected chi connectivity index (χ1v) is 11.4. The van der Waals surface area contributed by atoms with Crippen LogP contribution in [-0.4, -0.2) is 76.2 Å². The van der Waals surface area contributed by atoms with Gasteiger partial charge in [-0.05, 0) is 48.8 Å². The van der Waals surface area contributed by atoms with E-state index in [9.17, 15) is 4.79 Å². The van der Waals surface area contributed by atoms with Crippen LogP contribution >= 0.6 is 0 Å². The van der Waals surface area contributed by atoms with Crippen molar-refractivity contribution in [3.05, 3.63) is 29.1 Å². The van der Waals surface area contributed by atoms with Gasteiger partial charge in [-0.25, -0.2) is 10.1 Å². The Kier molecular flexibility index (Phi) is 7.63. The number of amides is 1. The monoisotopic (exact) mass is 499 g/mol. The van der Waals surface area contributed by atoms with Gasteiger partial charge in [-0.15, -0.1) is 5.10 Å². The summed E-state index contributed by atoms with van der Waals surface area (Å²) < 4.78 is 22.2. The fourth-order valence-corrected chi connectivity index (χ4v) is 4.15. The molecule has 36 heavy (non-hydrogen) atoms. The van der Waals surface area contributed by atoms with Crippen LogP contribution in [-0.2, 0) is 6.54 Å². The molecule has 192 valence electrons. The molecule has 14 nitrogen and oxygen atoms in total. The molecule has 2 aromatic heterocycles. The molecule has 14 heteroatoms. The molecule has 1 atom stereocenters. The summed E-state index contributed by atoms with van der Waals surface area (Å²) in [6, 6.07) is 3.78. The van der Waals surface area contributed by atoms with Gasteiger partial charge < -0.3 is 19.9 Å². The number of carbonyl (C=O) groups excluding carboxylic acids is 1. The first kappa shape index (κ1) is 24.9. The van der Waals surface area contributed by atoms with Gasteiger partial charge in [0.1, 0.15) is 0 Å². The number of benzene rings is 1. The summed E-state index contributed by atoms with van der Waals surface area (Å²) in [5, 5.41) is 19.7. The van der Waals surface area contributed by atoms with Crippen LogP contribution in [0.4, 0.5) is 5.82 Å². The lowest BCUT2D eigenvalue weighted by atomic mass is 10.0. The number of ether oxygens (including phenoxy) is 3. The van der Waals surface area contributed by atoms with Gasteiger partial charge in [-0.1, -0.05) is 11.6 Å². The van der Waals surface area contributed by atoms with Gasteiger partial charge in [0.25, 0.3) is 5.91 Å². The summed E-state index contributed by atoms with van der Waals surface area (Å²) in [5.41, 5.74) is 9.55. The molecule has 0 spiro atoms. The quantitative estimate of drug-likeness (QED) is 0.322. The molecule has 1 aromatic carbocycles. The Morgan fingerprint density at radius 3 is 2.69 bits per heavy atom. The van der Waals surface area contributed by atoms with E-state index in [1.807, 2.05) is 0 Å². The first-order valence-electron chi connectivity index (χ1n) is 11.4. The van der Waals surface area contributed by atoms with Gasteiger partial charge in [0.15, 0.2) is 17.2 Å². The minimum atomic E-state index is -0.549. The fraction of sp³-hybridized carbons (Fsp3) is 0.455. The summed E-state index contributed by atoms with van der Waals surface area (Å²) in [7, 11) is 4.54. The molecule has 0 bridgehead atoms. The van der Waals surface area contributed by atoms with Crippen LogP contribution in [0.2, 0.25) is 0 Å². The minimum Gasteiger partial charge on any atom is -0.493 e. The third kappa shape index (κ3) is 4.93. The van der Waals surface area contributed by atoms with Gasteiger partial charge in [0.05, 0.1) is 33.2 Å².